The molecule has 0 fully saturated rings. The summed E-state index contributed by atoms with van der Waals surface area (Å²) in [6.45, 7) is 0.0558. The number of aromatic carboxylic acids is 1. The van der Waals surface area contributed by atoms with E-state index in [1.165, 1.54) is 28.0 Å². The van der Waals surface area contributed by atoms with Gasteiger partial charge in [0.25, 0.3) is 5.56 Å². The number of fused-ring (bicyclic) bond motifs is 1. The zero-order valence-corrected chi connectivity index (χ0v) is 17.3. The van der Waals surface area contributed by atoms with Crippen molar-refractivity contribution < 1.29 is 9.90 Å². The summed E-state index contributed by atoms with van der Waals surface area (Å²) >= 11 is 1.31. The van der Waals surface area contributed by atoms with Crippen LogP contribution in [0.15, 0.2) is 64.4 Å². The molecule has 3 aromatic heterocycles. The van der Waals surface area contributed by atoms with Gasteiger partial charge >= 0.3 is 11.7 Å². The van der Waals surface area contributed by atoms with Crippen molar-refractivity contribution in [1.82, 2.24) is 14.1 Å². The molecule has 0 unspecified atom stereocenters. The second-order valence-corrected chi connectivity index (χ2v) is 7.93. The average molecular weight is 431 g/mol. The van der Waals surface area contributed by atoms with Gasteiger partial charge in [0.1, 0.15) is 4.83 Å². The lowest BCUT2D eigenvalue weighted by Crippen LogP contribution is -2.38. The van der Waals surface area contributed by atoms with Gasteiger partial charge in [-0.05, 0) is 41.5 Å². The highest BCUT2D eigenvalue weighted by molar-refractivity contribution is 7.19. The molecular formula is C23H17N3O4S. The van der Waals surface area contributed by atoms with Gasteiger partial charge in [-0.25, -0.2) is 9.59 Å². The molecule has 0 amide bonds. The van der Waals surface area contributed by atoms with Crippen LogP contribution < -0.4 is 11.2 Å². The van der Waals surface area contributed by atoms with Crippen molar-refractivity contribution in [2.75, 3.05) is 0 Å². The number of hydrogen-bond acceptors (Lipinski definition) is 5. The number of carboxylic acid groups (broad SMARTS) is 1. The third-order valence-electron chi connectivity index (χ3n) is 4.81. The Labute approximate surface area is 180 Å². The quantitative estimate of drug-likeness (QED) is 0.501. The lowest BCUT2D eigenvalue weighted by molar-refractivity contribution is 0.0697. The molecule has 0 aliphatic heterocycles. The van der Waals surface area contributed by atoms with Crippen molar-refractivity contribution in [2.24, 2.45) is 7.05 Å². The summed E-state index contributed by atoms with van der Waals surface area (Å²) in [4.78, 5) is 42.0. The van der Waals surface area contributed by atoms with Crippen LogP contribution in [0.1, 0.15) is 26.4 Å². The topological polar surface area (TPSA) is 94.2 Å². The summed E-state index contributed by atoms with van der Waals surface area (Å²) in [7, 11) is 1.62. The van der Waals surface area contributed by atoms with Crippen molar-refractivity contribution in [3.05, 3.63) is 97.3 Å². The molecule has 0 bridgehead atoms. The van der Waals surface area contributed by atoms with Crippen LogP contribution in [0.5, 0.6) is 0 Å². The van der Waals surface area contributed by atoms with E-state index in [9.17, 15) is 14.4 Å². The first-order chi connectivity index (χ1) is 14.9. The normalized spacial score (nSPS) is 10.6. The second kappa shape index (κ2) is 8.42. The van der Waals surface area contributed by atoms with Gasteiger partial charge in [0.15, 0.2) is 0 Å². The standard InChI is InChI=1S/C23H17N3O4S/c1-25-21-19(13-18(31-21)4-2-3-15-9-11-24-12-10-15)20(27)26(23(25)30)14-16-5-7-17(8-6-16)22(28)29/h5-13H,3,14H2,1H3,(H,28,29). The molecule has 31 heavy (non-hydrogen) atoms. The molecule has 4 rings (SSSR count). The largest absolute Gasteiger partial charge is 0.478 e. The number of aryl methyl sites for hydroxylation is 1. The SMILES string of the molecule is Cn1c(=O)n(Cc2ccc(C(=O)O)cc2)c(=O)c2cc(C#CCc3ccncc3)sc21. The van der Waals surface area contributed by atoms with Crippen molar-refractivity contribution in [3.63, 3.8) is 0 Å². The average Bonchev–Trinajstić information content (AvgIpc) is 3.21. The Morgan fingerprint density at radius 3 is 2.48 bits per heavy atom. The van der Waals surface area contributed by atoms with E-state index in [2.05, 4.69) is 16.8 Å². The monoisotopic (exact) mass is 431 g/mol. The maximum atomic E-state index is 13.0. The molecule has 7 nitrogen and oxygen atoms in total. The molecule has 0 radical (unpaired) electrons. The summed E-state index contributed by atoms with van der Waals surface area (Å²) in [5.41, 5.74) is 1.03. The smallest absolute Gasteiger partial charge is 0.335 e. The van der Waals surface area contributed by atoms with Crippen molar-refractivity contribution in [2.45, 2.75) is 13.0 Å². The van der Waals surface area contributed by atoms with E-state index >= 15 is 0 Å². The number of carbonyl (C=O) groups is 1. The molecule has 0 aliphatic rings. The number of hydrogen-bond donors (Lipinski definition) is 1. The third-order valence-corrected chi connectivity index (χ3v) is 5.93. The Hall–Kier alpha value is -3.96. The minimum Gasteiger partial charge on any atom is -0.478 e. The van der Waals surface area contributed by atoms with Crippen LogP contribution in [0.4, 0.5) is 0 Å². The number of rotatable bonds is 4. The van der Waals surface area contributed by atoms with E-state index in [0.29, 0.717) is 27.1 Å². The molecule has 3 heterocycles. The number of nitrogens with zero attached hydrogens (tertiary/aromatic N) is 3. The number of pyridine rings is 1. The van der Waals surface area contributed by atoms with Crippen molar-refractivity contribution in [1.29, 1.82) is 0 Å². The molecule has 0 atom stereocenters. The predicted octanol–water partition coefficient (Wildman–Crippen LogP) is 2.50. The van der Waals surface area contributed by atoms with Crippen molar-refractivity contribution >= 4 is 27.5 Å². The zero-order chi connectivity index (χ0) is 22.0. The molecule has 0 saturated carbocycles. The van der Waals surface area contributed by atoms with Gasteiger partial charge in [-0.15, -0.1) is 11.3 Å². The summed E-state index contributed by atoms with van der Waals surface area (Å²) in [5, 5.41) is 9.45. The fourth-order valence-corrected chi connectivity index (χ4v) is 4.13. The molecule has 0 saturated heterocycles. The Morgan fingerprint density at radius 1 is 1.10 bits per heavy atom. The van der Waals surface area contributed by atoms with Crippen LogP contribution in [-0.4, -0.2) is 25.2 Å². The van der Waals surface area contributed by atoms with Crippen LogP contribution >= 0.6 is 11.3 Å². The highest BCUT2D eigenvalue weighted by atomic mass is 32.1. The fraction of sp³-hybridized carbons (Fsp3) is 0.130. The van der Waals surface area contributed by atoms with Gasteiger partial charge < -0.3 is 5.11 Å². The molecule has 154 valence electrons. The molecule has 0 spiro atoms. The number of benzene rings is 1. The maximum Gasteiger partial charge on any atom is 0.335 e. The van der Waals surface area contributed by atoms with E-state index in [1.807, 2.05) is 12.1 Å². The van der Waals surface area contributed by atoms with Gasteiger partial charge in [-0.2, -0.15) is 0 Å². The summed E-state index contributed by atoms with van der Waals surface area (Å²) in [5.74, 6) is 5.13. The van der Waals surface area contributed by atoms with Crippen LogP contribution in [0.2, 0.25) is 0 Å². The maximum absolute atomic E-state index is 13.0. The number of aromatic nitrogens is 3. The zero-order valence-electron chi connectivity index (χ0n) is 16.5. The van der Waals surface area contributed by atoms with Gasteiger partial charge in [-0.1, -0.05) is 24.0 Å². The van der Waals surface area contributed by atoms with Crippen LogP contribution in [0.25, 0.3) is 10.2 Å². The molecule has 0 aliphatic carbocycles. The van der Waals surface area contributed by atoms with Gasteiger partial charge in [0.05, 0.1) is 22.4 Å². The minimum absolute atomic E-state index is 0.0558. The lowest BCUT2D eigenvalue weighted by atomic mass is 10.1. The molecule has 8 heteroatoms. The van der Waals surface area contributed by atoms with E-state index < -0.39 is 11.7 Å². The molecule has 1 N–H and O–H groups in total. The summed E-state index contributed by atoms with van der Waals surface area (Å²) < 4.78 is 2.60. The van der Waals surface area contributed by atoms with Crippen LogP contribution in [0, 0.1) is 11.8 Å². The van der Waals surface area contributed by atoms with E-state index in [4.69, 9.17) is 5.11 Å². The van der Waals surface area contributed by atoms with E-state index in [0.717, 1.165) is 10.1 Å². The molecule has 1 aromatic carbocycles. The van der Waals surface area contributed by atoms with Gasteiger partial charge in [0, 0.05) is 25.9 Å². The predicted molar refractivity (Wildman–Crippen MR) is 119 cm³/mol. The van der Waals surface area contributed by atoms with Crippen LogP contribution in [0.3, 0.4) is 0 Å². The Balaban J connectivity index is 1.68. The van der Waals surface area contributed by atoms with Gasteiger partial charge in [0.2, 0.25) is 0 Å². The fourth-order valence-electron chi connectivity index (χ4n) is 3.15. The first-order valence-electron chi connectivity index (χ1n) is 9.37. The highest BCUT2D eigenvalue weighted by Gasteiger charge is 2.14. The van der Waals surface area contributed by atoms with Crippen LogP contribution in [-0.2, 0) is 20.0 Å². The summed E-state index contributed by atoms with van der Waals surface area (Å²) in [6.07, 6.45) is 3.99. The molecule has 4 aromatic rings. The second-order valence-electron chi connectivity index (χ2n) is 6.90. The first-order valence-corrected chi connectivity index (χ1v) is 10.2. The number of carboxylic acids is 1. The molecular weight excluding hydrogens is 414 g/mol. The van der Waals surface area contributed by atoms with Crippen molar-refractivity contribution in [3.8, 4) is 11.8 Å². The first kappa shape index (κ1) is 20.3. The Morgan fingerprint density at radius 2 is 1.81 bits per heavy atom. The van der Waals surface area contributed by atoms with E-state index in [-0.39, 0.29) is 17.7 Å². The third kappa shape index (κ3) is 4.17. The highest BCUT2D eigenvalue weighted by Crippen LogP contribution is 2.21. The van der Waals surface area contributed by atoms with E-state index in [1.54, 1.807) is 37.6 Å². The summed E-state index contributed by atoms with van der Waals surface area (Å²) in [6, 6.07) is 11.6. The Kier molecular flexibility index (Phi) is 5.52. The van der Waals surface area contributed by atoms with Gasteiger partial charge in [-0.3, -0.25) is 18.9 Å². The minimum atomic E-state index is -1.03. The number of thiophene rings is 1. The Bertz CT molecular complexity index is 1450. The lowest BCUT2D eigenvalue weighted by Gasteiger charge is -2.08.